The highest BCUT2D eigenvalue weighted by Crippen LogP contribution is 2.17. The van der Waals surface area contributed by atoms with Gasteiger partial charge in [0.2, 0.25) is 5.91 Å². The average molecular weight is 260 g/mol. The topological polar surface area (TPSA) is 41.1 Å². The number of amides is 1. The first-order valence-electron chi connectivity index (χ1n) is 7.25. The van der Waals surface area contributed by atoms with Gasteiger partial charge in [0.05, 0.1) is 6.54 Å². The van der Waals surface area contributed by atoms with E-state index < -0.39 is 0 Å². The second kappa shape index (κ2) is 6.60. The molecule has 0 aliphatic heterocycles. The van der Waals surface area contributed by atoms with Crippen LogP contribution in [0.5, 0.6) is 0 Å². The fraction of sp³-hybridized carbons (Fsp3) is 0.562. The fourth-order valence-corrected chi connectivity index (χ4v) is 2.56. The molecule has 2 N–H and O–H groups in total. The van der Waals surface area contributed by atoms with Gasteiger partial charge in [0.15, 0.2) is 0 Å². The third-order valence-electron chi connectivity index (χ3n) is 3.93. The van der Waals surface area contributed by atoms with Crippen LogP contribution in [-0.4, -0.2) is 18.5 Å². The Labute approximate surface area is 115 Å². The standard InChI is InChI=1S/C16H24N2O/c1-12-8-9-15(10-13(12)2)17-11-16(19)18-14-6-4-3-5-7-14/h8-10,14,17H,3-7,11H2,1-2H3,(H,18,19). The molecule has 1 aromatic rings. The van der Waals surface area contributed by atoms with E-state index >= 15 is 0 Å². The van der Waals surface area contributed by atoms with Crippen molar-refractivity contribution in [3.05, 3.63) is 29.3 Å². The number of carbonyl (C=O) groups is 1. The van der Waals surface area contributed by atoms with Crippen molar-refractivity contribution in [2.45, 2.75) is 52.0 Å². The summed E-state index contributed by atoms with van der Waals surface area (Å²) in [5.41, 5.74) is 3.54. The fourth-order valence-electron chi connectivity index (χ4n) is 2.56. The molecule has 1 aliphatic carbocycles. The number of rotatable bonds is 4. The van der Waals surface area contributed by atoms with Gasteiger partial charge in [0.1, 0.15) is 0 Å². The van der Waals surface area contributed by atoms with Crippen molar-refractivity contribution < 1.29 is 4.79 Å². The molecule has 3 heteroatoms. The summed E-state index contributed by atoms with van der Waals surface area (Å²) in [5, 5.41) is 6.30. The lowest BCUT2D eigenvalue weighted by Crippen LogP contribution is -2.39. The zero-order valence-corrected chi connectivity index (χ0v) is 12.0. The van der Waals surface area contributed by atoms with Crippen LogP contribution in [-0.2, 0) is 4.79 Å². The summed E-state index contributed by atoms with van der Waals surface area (Å²) in [7, 11) is 0. The van der Waals surface area contributed by atoms with Gasteiger partial charge in [0.25, 0.3) is 0 Å². The molecule has 2 rings (SSSR count). The monoisotopic (exact) mass is 260 g/mol. The van der Waals surface area contributed by atoms with Gasteiger partial charge in [-0.2, -0.15) is 0 Å². The van der Waals surface area contributed by atoms with E-state index in [2.05, 4.69) is 36.6 Å². The molecule has 0 aromatic heterocycles. The summed E-state index contributed by atoms with van der Waals surface area (Å²) >= 11 is 0. The second-order valence-corrected chi connectivity index (χ2v) is 5.56. The summed E-state index contributed by atoms with van der Waals surface area (Å²) in [5.74, 6) is 0.102. The van der Waals surface area contributed by atoms with Gasteiger partial charge < -0.3 is 10.6 Å². The number of carbonyl (C=O) groups excluding carboxylic acids is 1. The molecule has 0 spiro atoms. The molecule has 1 fully saturated rings. The van der Waals surface area contributed by atoms with Crippen molar-refractivity contribution >= 4 is 11.6 Å². The molecule has 0 atom stereocenters. The zero-order valence-electron chi connectivity index (χ0n) is 12.0. The molecule has 3 nitrogen and oxygen atoms in total. The minimum absolute atomic E-state index is 0.102. The van der Waals surface area contributed by atoms with E-state index in [0.29, 0.717) is 12.6 Å². The van der Waals surface area contributed by atoms with E-state index in [4.69, 9.17) is 0 Å². The second-order valence-electron chi connectivity index (χ2n) is 5.56. The molecule has 1 aromatic carbocycles. The maximum atomic E-state index is 11.9. The van der Waals surface area contributed by atoms with E-state index in [1.54, 1.807) is 0 Å². The van der Waals surface area contributed by atoms with Gasteiger partial charge in [-0.1, -0.05) is 25.3 Å². The first-order chi connectivity index (χ1) is 9.15. The van der Waals surface area contributed by atoms with Crippen molar-refractivity contribution in [1.29, 1.82) is 0 Å². The predicted molar refractivity (Wildman–Crippen MR) is 79.4 cm³/mol. The van der Waals surface area contributed by atoms with Crippen molar-refractivity contribution in [2.75, 3.05) is 11.9 Å². The predicted octanol–water partition coefficient (Wildman–Crippen LogP) is 3.16. The molecule has 0 saturated heterocycles. The minimum Gasteiger partial charge on any atom is -0.376 e. The molecule has 19 heavy (non-hydrogen) atoms. The Hall–Kier alpha value is -1.51. The highest BCUT2D eigenvalue weighted by Gasteiger charge is 2.15. The first-order valence-corrected chi connectivity index (χ1v) is 7.25. The molecule has 1 saturated carbocycles. The Kier molecular flexibility index (Phi) is 4.83. The molecule has 1 amide bonds. The maximum absolute atomic E-state index is 11.9. The van der Waals surface area contributed by atoms with E-state index in [-0.39, 0.29) is 5.91 Å². The van der Waals surface area contributed by atoms with Gasteiger partial charge >= 0.3 is 0 Å². The Balaban J connectivity index is 1.77. The van der Waals surface area contributed by atoms with E-state index in [0.717, 1.165) is 18.5 Å². The van der Waals surface area contributed by atoms with Crippen molar-refractivity contribution in [1.82, 2.24) is 5.32 Å². The summed E-state index contributed by atoms with van der Waals surface area (Å²) in [6, 6.07) is 6.58. The highest BCUT2D eigenvalue weighted by atomic mass is 16.1. The number of anilines is 1. The van der Waals surface area contributed by atoms with Crippen LogP contribution < -0.4 is 10.6 Å². The van der Waals surface area contributed by atoms with Crippen molar-refractivity contribution in [3.8, 4) is 0 Å². The Morgan fingerprint density at radius 2 is 1.89 bits per heavy atom. The maximum Gasteiger partial charge on any atom is 0.239 e. The lowest BCUT2D eigenvalue weighted by atomic mass is 9.95. The largest absolute Gasteiger partial charge is 0.376 e. The Morgan fingerprint density at radius 3 is 2.58 bits per heavy atom. The van der Waals surface area contributed by atoms with Gasteiger partial charge in [-0.05, 0) is 49.9 Å². The summed E-state index contributed by atoms with van der Waals surface area (Å²) in [6.45, 7) is 4.54. The van der Waals surface area contributed by atoms with Crippen LogP contribution in [0.1, 0.15) is 43.2 Å². The van der Waals surface area contributed by atoms with Gasteiger partial charge in [-0.25, -0.2) is 0 Å². The molecule has 0 heterocycles. The highest BCUT2D eigenvalue weighted by molar-refractivity contribution is 5.81. The van der Waals surface area contributed by atoms with Gasteiger partial charge in [-0.3, -0.25) is 4.79 Å². The lowest BCUT2D eigenvalue weighted by molar-refractivity contribution is -0.120. The molecular formula is C16H24N2O. The number of benzene rings is 1. The molecule has 0 bridgehead atoms. The van der Waals surface area contributed by atoms with Crippen LogP contribution in [0.15, 0.2) is 18.2 Å². The van der Waals surface area contributed by atoms with Gasteiger partial charge in [0, 0.05) is 11.7 Å². The molecular weight excluding hydrogens is 236 g/mol. The Morgan fingerprint density at radius 1 is 1.16 bits per heavy atom. The third-order valence-corrected chi connectivity index (χ3v) is 3.93. The lowest BCUT2D eigenvalue weighted by Gasteiger charge is -2.22. The molecule has 0 radical (unpaired) electrons. The minimum atomic E-state index is 0.102. The van der Waals surface area contributed by atoms with Gasteiger partial charge in [-0.15, -0.1) is 0 Å². The van der Waals surface area contributed by atoms with E-state index in [9.17, 15) is 4.79 Å². The first kappa shape index (κ1) is 13.9. The Bertz CT molecular complexity index is 436. The number of aryl methyl sites for hydroxylation is 2. The molecule has 104 valence electrons. The summed E-state index contributed by atoms with van der Waals surface area (Å²) < 4.78 is 0. The number of hydrogen-bond acceptors (Lipinski definition) is 2. The van der Waals surface area contributed by atoms with E-state index in [1.165, 1.54) is 30.4 Å². The van der Waals surface area contributed by atoms with Crippen molar-refractivity contribution in [3.63, 3.8) is 0 Å². The number of nitrogens with one attached hydrogen (secondary N) is 2. The summed E-state index contributed by atoms with van der Waals surface area (Å²) in [4.78, 5) is 11.9. The summed E-state index contributed by atoms with van der Waals surface area (Å²) in [6.07, 6.45) is 6.07. The van der Waals surface area contributed by atoms with Crippen LogP contribution in [0.25, 0.3) is 0 Å². The average Bonchev–Trinajstić information content (AvgIpc) is 2.41. The normalized spacial score (nSPS) is 16.1. The molecule has 0 unspecified atom stereocenters. The van der Waals surface area contributed by atoms with Crippen molar-refractivity contribution in [2.24, 2.45) is 0 Å². The zero-order chi connectivity index (χ0) is 13.7. The quantitative estimate of drug-likeness (QED) is 0.873. The SMILES string of the molecule is Cc1ccc(NCC(=O)NC2CCCCC2)cc1C. The third kappa shape index (κ3) is 4.27. The van der Waals surface area contributed by atoms with Crippen LogP contribution in [0.4, 0.5) is 5.69 Å². The van der Waals surface area contributed by atoms with Crippen LogP contribution in [0.2, 0.25) is 0 Å². The van der Waals surface area contributed by atoms with E-state index in [1.807, 2.05) is 6.07 Å². The number of hydrogen-bond donors (Lipinski definition) is 2. The smallest absolute Gasteiger partial charge is 0.239 e. The van der Waals surface area contributed by atoms with Crippen LogP contribution >= 0.6 is 0 Å². The van der Waals surface area contributed by atoms with Crippen LogP contribution in [0.3, 0.4) is 0 Å². The molecule has 1 aliphatic rings. The van der Waals surface area contributed by atoms with Crippen LogP contribution in [0, 0.1) is 13.8 Å².